The van der Waals surface area contributed by atoms with Gasteiger partial charge in [-0.3, -0.25) is 4.28 Å². The molecule has 1 rings (SSSR count). The Hall–Kier alpha value is -1.04. The fourth-order valence-electron chi connectivity index (χ4n) is 0.372. The standard InChI is InChI=1S/C3H4N2O3S/c6-9(7)8-5-2-1-4-3-5/h1-3,9H. The average molecular weight is 148 g/mol. The van der Waals surface area contributed by atoms with Gasteiger partial charge in [-0.05, 0) is 0 Å². The van der Waals surface area contributed by atoms with E-state index in [1.54, 1.807) is 0 Å². The highest BCUT2D eigenvalue weighted by molar-refractivity contribution is 7.67. The fraction of sp³-hybridized carbons (Fsp3) is 0. The van der Waals surface area contributed by atoms with Gasteiger partial charge in [0.1, 0.15) is 6.33 Å². The molecule has 0 aliphatic rings. The maximum atomic E-state index is 9.83. The van der Waals surface area contributed by atoms with Crippen LogP contribution < -0.4 is 4.28 Å². The summed E-state index contributed by atoms with van der Waals surface area (Å²) in [6.45, 7) is 0. The van der Waals surface area contributed by atoms with Crippen molar-refractivity contribution in [1.29, 1.82) is 0 Å². The van der Waals surface area contributed by atoms with Gasteiger partial charge in [0.05, 0.1) is 6.20 Å². The summed E-state index contributed by atoms with van der Waals surface area (Å²) in [5.41, 5.74) is 0. The lowest BCUT2D eigenvalue weighted by Gasteiger charge is -1.91. The van der Waals surface area contributed by atoms with Crippen molar-refractivity contribution in [3.8, 4) is 0 Å². The molecule has 1 aromatic rings. The van der Waals surface area contributed by atoms with E-state index in [0.717, 1.165) is 4.73 Å². The molecule has 0 atom stereocenters. The first-order valence-corrected chi connectivity index (χ1v) is 3.19. The molecule has 0 unspecified atom stereocenters. The molecule has 0 amide bonds. The molecule has 1 aromatic heterocycles. The normalized spacial score (nSPS) is 9.89. The minimum atomic E-state index is -2.83. The number of hydrogen-bond donors (Lipinski definition) is 1. The van der Waals surface area contributed by atoms with E-state index < -0.39 is 11.0 Å². The molecule has 0 saturated carbocycles. The summed E-state index contributed by atoms with van der Waals surface area (Å²) in [5.74, 6) is 0. The van der Waals surface area contributed by atoms with Crippen molar-refractivity contribution in [3.05, 3.63) is 18.7 Å². The van der Waals surface area contributed by atoms with Gasteiger partial charge < -0.3 is 0 Å². The first kappa shape index (κ1) is 6.09. The van der Waals surface area contributed by atoms with E-state index in [1.807, 2.05) is 0 Å². The van der Waals surface area contributed by atoms with Crippen molar-refractivity contribution >= 4 is 11.0 Å². The molecule has 0 saturated heterocycles. The minimum absolute atomic E-state index is 0.992. The van der Waals surface area contributed by atoms with Crippen LogP contribution in [0.25, 0.3) is 0 Å². The van der Waals surface area contributed by atoms with Crippen molar-refractivity contribution in [3.63, 3.8) is 0 Å². The monoisotopic (exact) mass is 148 g/mol. The van der Waals surface area contributed by atoms with Crippen molar-refractivity contribution in [1.82, 2.24) is 9.71 Å². The van der Waals surface area contributed by atoms with Gasteiger partial charge in [0.2, 0.25) is 0 Å². The Labute approximate surface area is 53.0 Å². The summed E-state index contributed by atoms with van der Waals surface area (Å²) in [6.07, 6.45) is 4.04. The summed E-state index contributed by atoms with van der Waals surface area (Å²) >= 11 is 0. The van der Waals surface area contributed by atoms with Crippen molar-refractivity contribution in [2.45, 2.75) is 0 Å². The molecule has 6 heteroatoms. The summed E-state index contributed by atoms with van der Waals surface area (Å²) in [4.78, 5) is 3.55. The smallest absolute Gasteiger partial charge is 0.288 e. The Kier molecular flexibility index (Phi) is 1.69. The second-order valence-corrected chi connectivity index (χ2v) is 1.84. The predicted octanol–water partition coefficient (Wildman–Crippen LogP) is -1.16. The van der Waals surface area contributed by atoms with Crippen LogP contribution in [0.1, 0.15) is 0 Å². The molecule has 9 heavy (non-hydrogen) atoms. The van der Waals surface area contributed by atoms with Gasteiger partial charge in [-0.15, -0.1) is 0 Å². The van der Waals surface area contributed by atoms with Crippen LogP contribution in [-0.4, -0.2) is 18.1 Å². The predicted molar refractivity (Wildman–Crippen MR) is 29.1 cm³/mol. The molecular weight excluding hydrogens is 144 g/mol. The van der Waals surface area contributed by atoms with E-state index in [4.69, 9.17) is 0 Å². The molecule has 0 bridgehead atoms. The Bertz CT molecular complexity index is 232. The van der Waals surface area contributed by atoms with Gasteiger partial charge in [0, 0.05) is 6.20 Å². The van der Waals surface area contributed by atoms with Gasteiger partial charge in [-0.25, -0.2) is 4.98 Å². The minimum Gasteiger partial charge on any atom is -0.288 e. The maximum Gasteiger partial charge on any atom is 0.317 e. The average Bonchev–Trinajstić information content (AvgIpc) is 2.15. The molecule has 0 radical (unpaired) electrons. The molecule has 1 heterocycles. The first-order chi connectivity index (χ1) is 4.29. The Morgan fingerprint density at radius 1 is 1.56 bits per heavy atom. The van der Waals surface area contributed by atoms with E-state index in [-0.39, 0.29) is 0 Å². The van der Waals surface area contributed by atoms with Crippen LogP contribution in [-0.2, 0) is 11.0 Å². The Balaban J connectivity index is 2.68. The zero-order valence-electron chi connectivity index (χ0n) is 4.30. The lowest BCUT2D eigenvalue weighted by atomic mass is 11.0. The van der Waals surface area contributed by atoms with Crippen molar-refractivity contribution in [2.75, 3.05) is 0 Å². The quantitative estimate of drug-likeness (QED) is 0.537. The van der Waals surface area contributed by atoms with Gasteiger partial charge in [0.25, 0.3) is 0 Å². The van der Waals surface area contributed by atoms with E-state index in [0.29, 0.717) is 0 Å². The SMILES string of the molecule is O=[SH](=O)On1ccnc1. The van der Waals surface area contributed by atoms with Gasteiger partial charge in [-0.1, -0.05) is 0 Å². The van der Waals surface area contributed by atoms with Crippen LogP contribution in [0.15, 0.2) is 18.7 Å². The number of hydrogen-bond acceptors (Lipinski definition) is 4. The second-order valence-electron chi connectivity index (χ2n) is 1.23. The topological polar surface area (TPSA) is 61.2 Å². The lowest BCUT2D eigenvalue weighted by Crippen LogP contribution is -2.05. The summed E-state index contributed by atoms with van der Waals surface area (Å²) in [7, 11) is -2.83. The van der Waals surface area contributed by atoms with Crippen LogP contribution in [0.4, 0.5) is 0 Å². The fourth-order valence-corrected chi connectivity index (χ4v) is 0.623. The third-order valence-corrected chi connectivity index (χ3v) is 0.963. The highest BCUT2D eigenvalue weighted by atomic mass is 32.2. The van der Waals surface area contributed by atoms with E-state index in [1.165, 1.54) is 18.7 Å². The largest absolute Gasteiger partial charge is 0.317 e. The number of aromatic nitrogens is 2. The Morgan fingerprint density at radius 3 is 2.78 bits per heavy atom. The second kappa shape index (κ2) is 2.49. The van der Waals surface area contributed by atoms with Crippen LogP contribution >= 0.6 is 0 Å². The third kappa shape index (κ3) is 1.73. The molecular formula is C3H4N2O3S. The van der Waals surface area contributed by atoms with Crippen LogP contribution in [0.5, 0.6) is 0 Å². The van der Waals surface area contributed by atoms with Crippen LogP contribution in [0.3, 0.4) is 0 Å². The van der Waals surface area contributed by atoms with Crippen molar-refractivity contribution < 1.29 is 12.7 Å². The lowest BCUT2D eigenvalue weighted by molar-refractivity contribution is 0.291. The van der Waals surface area contributed by atoms with Crippen molar-refractivity contribution in [2.24, 2.45) is 0 Å². The molecule has 5 nitrogen and oxygen atoms in total. The summed E-state index contributed by atoms with van der Waals surface area (Å²) in [6, 6.07) is 0. The molecule has 0 spiro atoms. The molecule has 0 aromatic carbocycles. The van der Waals surface area contributed by atoms with E-state index in [2.05, 4.69) is 9.27 Å². The summed E-state index contributed by atoms with van der Waals surface area (Å²) in [5, 5.41) is 0. The highest BCUT2D eigenvalue weighted by Gasteiger charge is 1.85. The van der Waals surface area contributed by atoms with Gasteiger partial charge in [0.15, 0.2) is 0 Å². The number of rotatable bonds is 2. The third-order valence-electron chi connectivity index (χ3n) is 0.641. The Morgan fingerprint density at radius 2 is 2.33 bits per heavy atom. The highest BCUT2D eigenvalue weighted by Crippen LogP contribution is 1.78. The van der Waals surface area contributed by atoms with Gasteiger partial charge >= 0.3 is 11.0 Å². The number of nitrogens with zero attached hydrogens (tertiary/aromatic N) is 2. The molecule has 50 valence electrons. The zero-order valence-corrected chi connectivity index (χ0v) is 5.19. The van der Waals surface area contributed by atoms with E-state index in [9.17, 15) is 8.42 Å². The first-order valence-electron chi connectivity index (χ1n) is 2.10. The van der Waals surface area contributed by atoms with Gasteiger partial charge in [-0.2, -0.15) is 13.1 Å². The zero-order chi connectivity index (χ0) is 6.69. The maximum absolute atomic E-state index is 9.83. The van der Waals surface area contributed by atoms with Crippen LogP contribution in [0, 0.1) is 0 Å². The number of thiol groups is 1. The number of imidazole rings is 1. The molecule has 0 aliphatic heterocycles. The van der Waals surface area contributed by atoms with E-state index >= 15 is 0 Å². The molecule has 0 fully saturated rings. The molecule has 0 aliphatic carbocycles. The summed E-state index contributed by atoms with van der Waals surface area (Å²) < 4.78 is 24.8. The molecule has 0 N–H and O–H groups in total. The van der Waals surface area contributed by atoms with Crippen LogP contribution in [0.2, 0.25) is 0 Å².